The maximum atomic E-state index is 10.8. The standard InChI is InChI=1S/C13H16N2O3/c1-14-6-11-12(7-14)13(11,8-16)9-3-2-4-10(5-9)15(17)18/h2-5,11-12,16H,6-8H2,1H3. The predicted molar refractivity (Wildman–Crippen MR) is 66.3 cm³/mol. The van der Waals surface area contributed by atoms with Gasteiger partial charge in [0.1, 0.15) is 0 Å². The lowest BCUT2D eigenvalue weighted by molar-refractivity contribution is -0.384. The number of fused-ring (bicyclic) bond motifs is 1. The number of nitro benzene ring substituents is 1. The molecule has 1 saturated heterocycles. The maximum absolute atomic E-state index is 10.8. The minimum Gasteiger partial charge on any atom is -0.395 e. The number of aliphatic hydroxyl groups excluding tert-OH is 1. The third kappa shape index (κ3) is 1.41. The van der Waals surface area contributed by atoms with Crippen molar-refractivity contribution in [2.24, 2.45) is 11.8 Å². The van der Waals surface area contributed by atoms with Crippen LogP contribution >= 0.6 is 0 Å². The van der Waals surface area contributed by atoms with Gasteiger partial charge < -0.3 is 10.0 Å². The van der Waals surface area contributed by atoms with Gasteiger partial charge in [0.25, 0.3) is 5.69 Å². The van der Waals surface area contributed by atoms with Crippen LogP contribution in [0.25, 0.3) is 0 Å². The molecule has 18 heavy (non-hydrogen) atoms. The molecule has 1 aliphatic carbocycles. The first-order chi connectivity index (χ1) is 8.59. The molecule has 1 N–H and O–H groups in total. The number of non-ortho nitro benzene ring substituents is 1. The number of nitro groups is 1. The molecule has 1 saturated carbocycles. The molecule has 2 fully saturated rings. The van der Waals surface area contributed by atoms with Gasteiger partial charge in [-0.05, 0) is 24.4 Å². The first-order valence-corrected chi connectivity index (χ1v) is 6.14. The largest absolute Gasteiger partial charge is 0.395 e. The van der Waals surface area contributed by atoms with Crippen LogP contribution in [0.15, 0.2) is 24.3 Å². The van der Waals surface area contributed by atoms with Gasteiger partial charge in [0.2, 0.25) is 0 Å². The molecule has 1 aromatic carbocycles. The Bertz CT molecular complexity index is 491. The van der Waals surface area contributed by atoms with Crippen LogP contribution in [-0.4, -0.2) is 41.7 Å². The minimum atomic E-state index is -0.376. The lowest BCUT2D eigenvalue weighted by atomic mass is 9.90. The molecular weight excluding hydrogens is 232 g/mol. The number of piperidine rings is 1. The molecule has 1 aliphatic heterocycles. The first-order valence-electron chi connectivity index (χ1n) is 6.14. The Balaban J connectivity index is 1.95. The van der Waals surface area contributed by atoms with E-state index in [1.54, 1.807) is 12.1 Å². The highest BCUT2D eigenvalue weighted by Crippen LogP contribution is 2.63. The molecule has 0 amide bonds. The number of rotatable bonds is 3. The second kappa shape index (κ2) is 3.76. The van der Waals surface area contributed by atoms with E-state index in [-0.39, 0.29) is 22.6 Å². The molecule has 5 heteroatoms. The van der Waals surface area contributed by atoms with Crippen LogP contribution < -0.4 is 0 Å². The predicted octanol–water partition coefficient (Wildman–Crippen LogP) is 1.02. The highest BCUT2D eigenvalue weighted by molar-refractivity contribution is 5.45. The fourth-order valence-electron chi connectivity index (χ4n) is 3.59. The van der Waals surface area contributed by atoms with E-state index in [2.05, 4.69) is 11.9 Å². The van der Waals surface area contributed by atoms with Crippen LogP contribution in [0.2, 0.25) is 0 Å². The maximum Gasteiger partial charge on any atom is 0.269 e. The monoisotopic (exact) mass is 248 g/mol. The van der Waals surface area contributed by atoms with Crippen LogP contribution in [0.5, 0.6) is 0 Å². The van der Waals surface area contributed by atoms with Crippen LogP contribution in [0.3, 0.4) is 0 Å². The molecule has 0 spiro atoms. The summed E-state index contributed by atoms with van der Waals surface area (Å²) in [6, 6.07) is 6.73. The molecule has 0 bridgehead atoms. The van der Waals surface area contributed by atoms with E-state index in [9.17, 15) is 15.2 Å². The molecule has 2 aliphatic rings. The van der Waals surface area contributed by atoms with Crippen molar-refractivity contribution >= 4 is 5.69 Å². The van der Waals surface area contributed by atoms with E-state index in [0.29, 0.717) is 11.8 Å². The summed E-state index contributed by atoms with van der Waals surface area (Å²) in [5, 5.41) is 20.6. The highest BCUT2D eigenvalue weighted by Gasteiger charge is 2.67. The van der Waals surface area contributed by atoms with Gasteiger partial charge in [-0.15, -0.1) is 0 Å². The van der Waals surface area contributed by atoms with Crippen LogP contribution in [-0.2, 0) is 5.41 Å². The van der Waals surface area contributed by atoms with Crippen molar-refractivity contribution < 1.29 is 10.0 Å². The SMILES string of the molecule is CN1CC2C(C1)C2(CO)c1cccc([N+](=O)[O-])c1. The van der Waals surface area contributed by atoms with E-state index < -0.39 is 0 Å². The summed E-state index contributed by atoms with van der Waals surface area (Å²) in [6.45, 7) is 2.01. The van der Waals surface area contributed by atoms with Crippen LogP contribution in [0.4, 0.5) is 5.69 Å². The molecule has 0 aromatic heterocycles. The summed E-state index contributed by atoms with van der Waals surface area (Å²) in [5.41, 5.74) is 0.791. The van der Waals surface area contributed by atoms with Crippen molar-refractivity contribution in [3.63, 3.8) is 0 Å². The number of likely N-dealkylation sites (tertiary alicyclic amines) is 1. The molecule has 96 valence electrons. The first kappa shape index (κ1) is 11.6. The molecular formula is C13H16N2O3. The zero-order chi connectivity index (χ0) is 12.9. The fraction of sp³-hybridized carbons (Fsp3) is 0.538. The Morgan fingerprint density at radius 2 is 2.17 bits per heavy atom. The molecule has 0 radical (unpaired) electrons. The Labute approximate surface area is 105 Å². The normalized spacial score (nSPS) is 34.3. The Morgan fingerprint density at radius 1 is 1.50 bits per heavy atom. The van der Waals surface area contributed by atoms with Crippen LogP contribution in [0.1, 0.15) is 5.56 Å². The van der Waals surface area contributed by atoms with Gasteiger partial charge >= 0.3 is 0 Å². The summed E-state index contributed by atoms with van der Waals surface area (Å²) < 4.78 is 0. The Hall–Kier alpha value is -1.46. The number of hydrogen-bond acceptors (Lipinski definition) is 4. The van der Waals surface area contributed by atoms with E-state index in [1.165, 1.54) is 6.07 Å². The number of aliphatic hydroxyl groups is 1. The molecule has 2 atom stereocenters. The summed E-state index contributed by atoms with van der Waals surface area (Å²) in [7, 11) is 2.07. The molecule has 2 unspecified atom stereocenters. The highest BCUT2D eigenvalue weighted by atomic mass is 16.6. The van der Waals surface area contributed by atoms with Gasteiger partial charge in [-0.2, -0.15) is 0 Å². The van der Waals surface area contributed by atoms with Crippen molar-refractivity contribution in [3.8, 4) is 0 Å². The minimum absolute atomic E-state index is 0.0807. The second-order valence-corrected chi connectivity index (χ2v) is 5.44. The van der Waals surface area contributed by atoms with Gasteiger partial charge in [-0.1, -0.05) is 12.1 Å². The zero-order valence-corrected chi connectivity index (χ0v) is 10.2. The molecule has 1 heterocycles. The van der Waals surface area contributed by atoms with Crippen molar-refractivity contribution in [1.82, 2.24) is 4.90 Å². The number of nitrogens with zero attached hydrogens (tertiary/aromatic N) is 2. The summed E-state index contributed by atoms with van der Waals surface area (Å²) >= 11 is 0. The number of hydrogen-bond donors (Lipinski definition) is 1. The van der Waals surface area contributed by atoms with Crippen molar-refractivity contribution in [1.29, 1.82) is 0 Å². The molecule has 1 aromatic rings. The van der Waals surface area contributed by atoms with Crippen LogP contribution in [0, 0.1) is 22.0 Å². The van der Waals surface area contributed by atoms with E-state index in [4.69, 9.17) is 0 Å². The lowest BCUT2D eigenvalue weighted by Gasteiger charge is -2.22. The van der Waals surface area contributed by atoms with E-state index in [1.807, 2.05) is 6.07 Å². The summed E-state index contributed by atoms with van der Waals surface area (Å²) in [5.74, 6) is 0.879. The average Bonchev–Trinajstić information content (AvgIpc) is 2.76. The van der Waals surface area contributed by atoms with Gasteiger partial charge in [-0.25, -0.2) is 0 Å². The molecule has 5 nitrogen and oxygen atoms in total. The molecule has 3 rings (SSSR count). The topological polar surface area (TPSA) is 66.6 Å². The van der Waals surface area contributed by atoms with Crippen molar-refractivity contribution in [2.75, 3.05) is 26.7 Å². The van der Waals surface area contributed by atoms with Crippen molar-refractivity contribution in [3.05, 3.63) is 39.9 Å². The van der Waals surface area contributed by atoms with Crippen molar-refractivity contribution in [2.45, 2.75) is 5.41 Å². The third-order valence-corrected chi connectivity index (χ3v) is 4.57. The van der Waals surface area contributed by atoms with Gasteiger partial charge in [-0.3, -0.25) is 10.1 Å². The summed E-state index contributed by atoms with van der Waals surface area (Å²) in [6.07, 6.45) is 0. The zero-order valence-electron chi connectivity index (χ0n) is 10.2. The number of benzene rings is 1. The van der Waals surface area contributed by atoms with Gasteiger partial charge in [0.15, 0.2) is 0 Å². The average molecular weight is 248 g/mol. The van der Waals surface area contributed by atoms with E-state index >= 15 is 0 Å². The van der Waals surface area contributed by atoms with Gasteiger partial charge in [0, 0.05) is 30.6 Å². The van der Waals surface area contributed by atoms with E-state index in [0.717, 1.165) is 18.7 Å². The quantitative estimate of drug-likeness (QED) is 0.640. The summed E-state index contributed by atoms with van der Waals surface area (Å²) in [4.78, 5) is 12.7. The lowest BCUT2D eigenvalue weighted by Crippen LogP contribution is -2.29. The smallest absolute Gasteiger partial charge is 0.269 e. The van der Waals surface area contributed by atoms with Gasteiger partial charge in [0.05, 0.1) is 11.5 Å². The fourth-order valence-corrected chi connectivity index (χ4v) is 3.59. The Morgan fingerprint density at radius 3 is 2.72 bits per heavy atom. The third-order valence-electron chi connectivity index (χ3n) is 4.57. The second-order valence-electron chi connectivity index (χ2n) is 5.44. The Kier molecular flexibility index (Phi) is 2.43.